The van der Waals surface area contributed by atoms with E-state index in [0.717, 1.165) is 64.8 Å². The summed E-state index contributed by atoms with van der Waals surface area (Å²) in [5, 5.41) is 36.4. The van der Waals surface area contributed by atoms with E-state index in [1.54, 1.807) is 6.08 Å². The SMILES string of the molecule is C/C=C(\C(=C/C#N)C1=C(Nc2c(C#N)cccc2-c2cc(C#N)ccc2C)C=CCC1C)C(C)CCC(CC)n1c2ccccc2c2ccccc21. The smallest absolute Gasteiger partial charge is 0.101 e. The van der Waals surface area contributed by atoms with Gasteiger partial charge in [-0.15, -0.1) is 0 Å². The van der Waals surface area contributed by atoms with Crippen LogP contribution in [0.2, 0.25) is 0 Å². The van der Waals surface area contributed by atoms with Crippen molar-refractivity contribution in [2.45, 2.75) is 66.3 Å². The molecule has 0 amide bonds. The molecule has 0 bridgehead atoms. The average molecular weight is 680 g/mol. The van der Waals surface area contributed by atoms with Gasteiger partial charge in [0.15, 0.2) is 0 Å². The van der Waals surface area contributed by atoms with Gasteiger partial charge in [-0.25, -0.2) is 0 Å². The molecule has 4 aromatic carbocycles. The molecule has 1 aliphatic rings. The van der Waals surface area contributed by atoms with Gasteiger partial charge in [0.25, 0.3) is 0 Å². The van der Waals surface area contributed by atoms with Gasteiger partial charge in [-0.1, -0.05) is 87.5 Å². The highest BCUT2D eigenvalue weighted by Crippen LogP contribution is 2.42. The normalized spacial score (nSPS) is 16.0. The lowest BCUT2D eigenvalue weighted by atomic mass is 9.78. The van der Waals surface area contributed by atoms with Gasteiger partial charge in [0.1, 0.15) is 6.07 Å². The Hall–Kier alpha value is -6.09. The van der Waals surface area contributed by atoms with Gasteiger partial charge in [-0.2, -0.15) is 15.8 Å². The standard InChI is InChI=1S/C47H45N5/c1-6-36(52-44-20-10-8-16-38(44)39-17-9-11-21-45(39)52)25-23-31(3)37(7-2)40(26-27-48)46-33(5)14-12-19-43(46)51-47-35(30-50)15-13-18-41(47)42-28-34(29-49)24-22-32(42)4/h7-13,15-22,24,26,28,31,33,36,51H,6,14,23,25H2,1-5H3/b37-7-,40-26+. The molecule has 3 atom stereocenters. The second-order valence-electron chi connectivity index (χ2n) is 13.8. The number of aryl methyl sites for hydroxylation is 1. The fraction of sp³-hybridized carbons (Fsp3) is 0.255. The minimum absolute atomic E-state index is 0.136. The zero-order valence-corrected chi connectivity index (χ0v) is 30.7. The van der Waals surface area contributed by atoms with Crippen LogP contribution in [0.1, 0.15) is 76.1 Å². The number of hydrogen-bond acceptors (Lipinski definition) is 4. The van der Waals surface area contributed by atoms with E-state index in [9.17, 15) is 15.8 Å². The van der Waals surface area contributed by atoms with E-state index in [2.05, 4.69) is 123 Å². The summed E-state index contributed by atoms with van der Waals surface area (Å²) >= 11 is 0. The third-order valence-electron chi connectivity index (χ3n) is 10.7. The van der Waals surface area contributed by atoms with Gasteiger partial charge in [-0.05, 0) is 116 Å². The van der Waals surface area contributed by atoms with Gasteiger partial charge >= 0.3 is 0 Å². The highest BCUT2D eigenvalue weighted by atomic mass is 15.0. The Balaban J connectivity index is 1.36. The topological polar surface area (TPSA) is 88.3 Å². The van der Waals surface area contributed by atoms with Crippen LogP contribution in [-0.4, -0.2) is 4.57 Å². The van der Waals surface area contributed by atoms with Crippen LogP contribution >= 0.6 is 0 Å². The van der Waals surface area contributed by atoms with Crippen molar-refractivity contribution in [3.05, 3.63) is 148 Å². The molecular formula is C47H45N5. The van der Waals surface area contributed by atoms with Crippen molar-refractivity contribution in [2.75, 3.05) is 5.32 Å². The molecule has 5 aromatic rings. The molecule has 0 fully saturated rings. The molecule has 1 heterocycles. The molecule has 3 unspecified atom stereocenters. The first-order chi connectivity index (χ1) is 25.3. The third kappa shape index (κ3) is 6.82. The summed E-state index contributed by atoms with van der Waals surface area (Å²) < 4.78 is 2.54. The molecule has 52 heavy (non-hydrogen) atoms. The van der Waals surface area contributed by atoms with Crippen molar-refractivity contribution in [3.8, 4) is 29.3 Å². The monoisotopic (exact) mass is 679 g/mol. The summed E-state index contributed by atoms with van der Waals surface area (Å²) in [5.74, 6) is 0.327. The van der Waals surface area contributed by atoms with Crippen LogP contribution in [0.5, 0.6) is 0 Å². The summed E-state index contributed by atoms with van der Waals surface area (Å²) in [4.78, 5) is 0. The Morgan fingerprint density at radius 3 is 2.25 bits per heavy atom. The van der Waals surface area contributed by atoms with E-state index >= 15 is 0 Å². The second kappa shape index (κ2) is 15.9. The summed E-state index contributed by atoms with van der Waals surface area (Å²) in [6.45, 7) is 10.9. The molecule has 0 saturated heterocycles. The van der Waals surface area contributed by atoms with Gasteiger partial charge in [0, 0.05) is 45.2 Å². The van der Waals surface area contributed by atoms with E-state index < -0.39 is 0 Å². The summed E-state index contributed by atoms with van der Waals surface area (Å²) in [6, 6.07) is 36.1. The minimum Gasteiger partial charge on any atom is -0.354 e. The number of rotatable bonds is 11. The summed E-state index contributed by atoms with van der Waals surface area (Å²) in [5.41, 5.74) is 11.1. The predicted octanol–water partition coefficient (Wildman–Crippen LogP) is 12.2. The van der Waals surface area contributed by atoms with E-state index in [0.29, 0.717) is 22.9 Å². The lowest BCUT2D eigenvalue weighted by Gasteiger charge is -2.30. The molecular weight excluding hydrogens is 635 g/mol. The Morgan fingerprint density at radius 2 is 1.62 bits per heavy atom. The van der Waals surface area contributed by atoms with Crippen LogP contribution in [0.4, 0.5) is 5.69 Å². The van der Waals surface area contributed by atoms with Crippen LogP contribution in [-0.2, 0) is 0 Å². The first-order valence-electron chi connectivity index (χ1n) is 18.3. The number of allylic oxidation sites excluding steroid dienone is 7. The van der Waals surface area contributed by atoms with Gasteiger partial charge in [0.05, 0.1) is 29.0 Å². The number of nitriles is 3. The maximum Gasteiger partial charge on any atom is 0.101 e. The fourth-order valence-electron chi connectivity index (χ4n) is 8.05. The fourth-order valence-corrected chi connectivity index (χ4v) is 8.05. The molecule has 1 aromatic heterocycles. The number of nitrogens with zero attached hydrogens (tertiary/aromatic N) is 4. The number of aromatic nitrogens is 1. The van der Waals surface area contributed by atoms with Crippen molar-refractivity contribution in [3.63, 3.8) is 0 Å². The number of para-hydroxylation sites is 3. The maximum absolute atomic E-state index is 10.3. The quantitative estimate of drug-likeness (QED) is 0.111. The molecule has 6 rings (SSSR count). The number of anilines is 1. The number of benzene rings is 4. The molecule has 0 saturated carbocycles. The second-order valence-corrected chi connectivity index (χ2v) is 13.8. The first-order valence-corrected chi connectivity index (χ1v) is 18.3. The molecule has 1 N–H and O–H groups in total. The zero-order valence-electron chi connectivity index (χ0n) is 30.7. The van der Waals surface area contributed by atoms with E-state index in [1.165, 1.54) is 21.8 Å². The van der Waals surface area contributed by atoms with E-state index in [4.69, 9.17) is 0 Å². The minimum atomic E-state index is 0.136. The van der Waals surface area contributed by atoms with Crippen LogP contribution in [0.25, 0.3) is 32.9 Å². The summed E-state index contributed by atoms with van der Waals surface area (Å²) in [6.07, 6.45) is 11.9. The predicted molar refractivity (Wildman–Crippen MR) is 214 cm³/mol. The Bertz CT molecular complexity index is 2340. The number of nitrogens with one attached hydrogen (secondary N) is 1. The lowest BCUT2D eigenvalue weighted by molar-refractivity contribution is 0.428. The van der Waals surface area contributed by atoms with Crippen molar-refractivity contribution in [1.82, 2.24) is 4.57 Å². The number of fused-ring (bicyclic) bond motifs is 3. The molecule has 1 aliphatic carbocycles. The van der Waals surface area contributed by atoms with Gasteiger partial charge in [0.2, 0.25) is 0 Å². The average Bonchev–Trinajstić information content (AvgIpc) is 3.50. The molecule has 0 aliphatic heterocycles. The molecule has 5 heteroatoms. The van der Waals surface area contributed by atoms with Crippen LogP contribution in [0, 0.1) is 52.8 Å². The Morgan fingerprint density at radius 1 is 0.904 bits per heavy atom. The van der Waals surface area contributed by atoms with Crippen LogP contribution in [0.15, 0.2) is 132 Å². The highest BCUT2D eigenvalue weighted by Gasteiger charge is 2.27. The lowest BCUT2D eigenvalue weighted by Crippen LogP contribution is -2.17. The van der Waals surface area contributed by atoms with Crippen molar-refractivity contribution in [1.29, 1.82) is 15.8 Å². The Labute approximate surface area is 308 Å². The maximum atomic E-state index is 10.3. The van der Waals surface area contributed by atoms with Crippen LogP contribution < -0.4 is 5.32 Å². The first kappa shape index (κ1) is 35.7. The van der Waals surface area contributed by atoms with Gasteiger partial charge in [-0.3, -0.25) is 0 Å². The van der Waals surface area contributed by atoms with Crippen molar-refractivity contribution >= 4 is 27.5 Å². The van der Waals surface area contributed by atoms with Crippen LogP contribution in [0.3, 0.4) is 0 Å². The van der Waals surface area contributed by atoms with E-state index in [1.807, 2.05) is 43.3 Å². The molecule has 5 nitrogen and oxygen atoms in total. The van der Waals surface area contributed by atoms with Crippen molar-refractivity contribution in [2.24, 2.45) is 11.8 Å². The molecule has 0 spiro atoms. The summed E-state index contributed by atoms with van der Waals surface area (Å²) in [7, 11) is 0. The molecule has 0 radical (unpaired) electrons. The zero-order chi connectivity index (χ0) is 36.8. The number of hydrogen-bond donors (Lipinski definition) is 1. The Kier molecular flexibility index (Phi) is 10.9. The highest BCUT2D eigenvalue weighted by molar-refractivity contribution is 6.08. The third-order valence-corrected chi connectivity index (χ3v) is 10.7. The van der Waals surface area contributed by atoms with E-state index in [-0.39, 0.29) is 11.8 Å². The molecule has 258 valence electrons. The van der Waals surface area contributed by atoms with Crippen molar-refractivity contribution < 1.29 is 0 Å². The largest absolute Gasteiger partial charge is 0.354 e. The van der Waals surface area contributed by atoms with Gasteiger partial charge < -0.3 is 9.88 Å².